The van der Waals surface area contributed by atoms with Crippen LogP contribution in [-0.2, 0) is 9.47 Å². The standard InChI is InChI=1S/C14H27N3O2/c1-5-19-9-6-8-15-14-16-12(2)11-17(14)13(3)7-10-18-4/h11,13H,5-10H2,1-4H3,(H,15,16). The van der Waals surface area contributed by atoms with Gasteiger partial charge in [0.1, 0.15) is 0 Å². The monoisotopic (exact) mass is 269 g/mol. The fourth-order valence-electron chi connectivity index (χ4n) is 1.93. The Balaban J connectivity index is 2.47. The van der Waals surface area contributed by atoms with Gasteiger partial charge in [-0.25, -0.2) is 4.98 Å². The minimum atomic E-state index is 0.385. The number of nitrogens with one attached hydrogen (secondary N) is 1. The second-order valence-electron chi connectivity index (χ2n) is 4.72. The summed E-state index contributed by atoms with van der Waals surface area (Å²) in [6, 6.07) is 0.385. The topological polar surface area (TPSA) is 48.3 Å². The zero-order chi connectivity index (χ0) is 14.1. The Labute approximate surface area is 116 Å². The van der Waals surface area contributed by atoms with E-state index in [4.69, 9.17) is 9.47 Å². The largest absolute Gasteiger partial charge is 0.385 e. The predicted octanol–water partition coefficient (Wildman–Crippen LogP) is 2.63. The third kappa shape index (κ3) is 5.61. The van der Waals surface area contributed by atoms with E-state index in [9.17, 15) is 0 Å². The SMILES string of the molecule is CCOCCCNc1nc(C)cn1C(C)CCOC. The highest BCUT2D eigenvalue weighted by molar-refractivity contribution is 5.29. The van der Waals surface area contributed by atoms with Crippen molar-refractivity contribution < 1.29 is 9.47 Å². The van der Waals surface area contributed by atoms with Crippen LogP contribution in [0.2, 0.25) is 0 Å². The normalized spacial score (nSPS) is 12.6. The first-order chi connectivity index (χ1) is 9.19. The quantitative estimate of drug-likeness (QED) is 0.663. The zero-order valence-electron chi connectivity index (χ0n) is 12.6. The Kier molecular flexibility index (Phi) is 7.52. The highest BCUT2D eigenvalue weighted by Crippen LogP contribution is 2.18. The van der Waals surface area contributed by atoms with Crippen LogP contribution in [0.4, 0.5) is 5.95 Å². The third-order valence-electron chi connectivity index (χ3n) is 3.02. The van der Waals surface area contributed by atoms with Crippen molar-refractivity contribution in [1.82, 2.24) is 9.55 Å². The van der Waals surface area contributed by atoms with Gasteiger partial charge in [-0.1, -0.05) is 0 Å². The van der Waals surface area contributed by atoms with E-state index in [1.165, 1.54) is 0 Å². The first kappa shape index (κ1) is 16.0. The van der Waals surface area contributed by atoms with Crippen molar-refractivity contribution in [2.45, 2.75) is 39.7 Å². The lowest BCUT2D eigenvalue weighted by Gasteiger charge is -2.16. The van der Waals surface area contributed by atoms with Gasteiger partial charge >= 0.3 is 0 Å². The maximum Gasteiger partial charge on any atom is 0.203 e. The molecule has 0 aliphatic rings. The molecular formula is C14H27N3O2. The van der Waals surface area contributed by atoms with E-state index in [-0.39, 0.29) is 0 Å². The highest BCUT2D eigenvalue weighted by atomic mass is 16.5. The van der Waals surface area contributed by atoms with Crippen molar-refractivity contribution in [3.63, 3.8) is 0 Å². The summed E-state index contributed by atoms with van der Waals surface area (Å²) in [5.74, 6) is 0.942. The van der Waals surface area contributed by atoms with Crippen LogP contribution in [0.5, 0.6) is 0 Å². The molecule has 0 spiro atoms. The summed E-state index contributed by atoms with van der Waals surface area (Å²) in [6.07, 6.45) is 4.07. The number of aromatic nitrogens is 2. The minimum Gasteiger partial charge on any atom is -0.385 e. The van der Waals surface area contributed by atoms with Crippen LogP contribution in [0.1, 0.15) is 38.4 Å². The number of imidazole rings is 1. The molecule has 0 aliphatic heterocycles. The van der Waals surface area contributed by atoms with Crippen LogP contribution >= 0.6 is 0 Å². The fraction of sp³-hybridized carbons (Fsp3) is 0.786. The molecule has 1 unspecified atom stereocenters. The zero-order valence-corrected chi connectivity index (χ0v) is 12.6. The van der Waals surface area contributed by atoms with E-state index >= 15 is 0 Å². The minimum absolute atomic E-state index is 0.385. The lowest BCUT2D eigenvalue weighted by Crippen LogP contribution is -2.14. The molecule has 5 nitrogen and oxygen atoms in total. The van der Waals surface area contributed by atoms with Gasteiger partial charge in [0.25, 0.3) is 0 Å². The molecule has 5 heteroatoms. The van der Waals surface area contributed by atoms with Crippen LogP contribution in [-0.4, -0.2) is 43.0 Å². The highest BCUT2D eigenvalue weighted by Gasteiger charge is 2.11. The van der Waals surface area contributed by atoms with E-state index in [0.717, 1.165) is 50.8 Å². The number of rotatable bonds is 10. The summed E-state index contributed by atoms with van der Waals surface area (Å²) >= 11 is 0. The van der Waals surface area contributed by atoms with Crippen molar-refractivity contribution in [2.75, 3.05) is 38.8 Å². The average Bonchev–Trinajstić information content (AvgIpc) is 2.77. The molecule has 1 N–H and O–H groups in total. The summed E-state index contributed by atoms with van der Waals surface area (Å²) in [6.45, 7) is 9.44. The molecule has 1 atom stereocenters. The Morgan fingerprint density at radius 2 is 2.21 bits per heavy atom. The molecule has 0 aromatic carbocycles. The molecule has 1 aromatic rings. The molecule has 0 fully saturated rings. The summed E-state index contributed by atoms with van der Waals surface area (Å²) in [5, 5.41) is 3.38. The van der Waals surface area contributed by atoms with Crippen molar-refractivity contribution >= 4 is 5.95 Å². The van der Waals surface area contributed by atoms with E-state index in [1.54, 1.807) is 7.11 Å². The van der Waals surface area contributed by atoms with Crippen molar-refractivity contribution in [3.8, 4) is 0 Å². The van der Waals surface area contributed by atoms with Crippen molar-refractivity contribution in [2.24, 2.45) is 0 Å². The van der Waals surface area contributed by atoms with E-state index < -0.39 is 0 Å². The molecule has 0 bridgehead atoms. The summed E-state index contributed by atoms with van der Waals surface area (Å²) < 4.78 is 12.6. The third-order valence-corrected chi connectivity index (χ3v) is 3.02. The van der Waals surface area contributed by atoms with Gasteiger partial charge in [0.2, 0.25) is 5.95 Å². The number of methoxy groups -OCH3 is 1. The van der Waals surface area contributed by atoms with Crippen LogP contribution in [0.3, 0.4) is 0 Å². The summed E-state index contributed by atoms with van der Waals surface area (Å²) in [4.78, 5) is 4.53. The lowest BCUT2D eigenvalue weighted by atomic mass is 10.2. The maximum atomic E-state index is 5.32. The number of aryl methyl sites for hydroxylation is 1. The van der Waals surface area contributed by atoms with Gasteiger partial charge in [0.05, 0.1) is 5.69 Å². The van der Waals surface area contributed by atoms with Gasteiger partial charge < -0.3 is 19.4 Å². The molecule has 0 amide bonds. The number of anilines is 1. The van der Waals surface area contributed by atoms with E-state index in [1.807, 2.05) is 13.8 Å². The first-order valence-electron chi connectivity index (χ1n) is 7.05. The molecule has 110 valence electrons. The van der Waals surface area contributed by atoms with Gasteiger partial charge in [-0.2, -0.15) is 0 Å². The fourth-order valence-corrected chi connectivity index (χ4v) is 1.93. The number of hydrogen-bond donors (Lipinski definition) is 1. The van der Waals surface area contributed by atoms with E-state index in [0.29, 0.717) is 6.04 Å². The predicted molar refractivity (Wildman–Crippen MR) is 77.8 cm³/mol. The van der Waals surface area contributed by atoms with Crippen molar-refractivity contribution in [1.29, 1.82) is 0 Å². The Morgan fingerprint density at radius 1 is 1.42 bits per heavy atom. The number of hydrogen-bond acceptors (Lipinski definition) is 4. The summed E-state index contributed by atoms with van der Waals surface area (Å²) in [7, 11) is 1.73. The Hall–Kier alpha value is -1.07. The van der Waals surface area contributed by atoms with Crippen molar-refractivity contribution in [3.05, 3.63) is 11.9 Å². The number of ether oxygens (including phenoxy) is 2. The molecule has 19 heavy (non-hydrogen) atoms. The van der Waals surface area contributed by atoms with Gasteiger partial charge in [-0.05, 0) is 33.6 Å². The molecule has 0 saturated carbocycles. The number of nitrogens with zero attached hydrogens (tertiary/aromatic N) is 2. The Bertz CT molecular complexity index is 352. The smallest absolute Gasteiger partial charge is 0.203 e. The molecule has 1 heterocycles. The van der Waals surface area contributed by atoms with Crippen LogP contribution in [0.25, 0.3) is 0 Å². The van der Waals surface area contributed by atoms with E-state index in [2.05, 4.69) is 28.0 Å². The molecule has 1 aromatic heterocycles. The first-order valence-corrected chi connectivity index (χ1v) is 7.05. The average molecular weight is 269 g/mol. The van der Waals surface area contributed by atoms with Gasteiger partial charge in [0, 0.05) is 45.7 Å². The maximum absolute atomic E-state index is 5.32. The molecular weight excluding hydrogens is 242 g/mol. The molecule has 1 rings (SSSR count). The lowest BCUT2D eigenvalue weighted by molar-refractivity contribution is 0.147. The second kappa shape index (κ2) is 8.93. The van der Waals surface area contributed by atoms with Gasteiger partial charge in [-0.15, -0.1) is 0 Å². The second-order valence-corrected chi connectivity index (χ2v) is 4.72. The van der Waals surface area contributed by atoms with Gasteiger partial charge in [-0.3, -0.25) is 0 Å². The molecule has 0 saturated heterocycles. The molecule has 0 radical (unpaired) electrons. The molecule has 0 aliphatic carbocycles. The van der Waals surface area contributed by atoms with Crippen LogP contribution < -0.4 is 5.32 Å². The van der Waals surface area contributed by atoms with Crippen LogP contribution in [0.15, 0.2) is 6.20 Å². The van der Waals surface area contributed by atoms with Gasteiger partial charge in [0.15, 0.2) is 0 Å². The summed E-state index contributed by atoms with van der Waals surface area (Å²) in [5.41, 5.74) is 1.04. The van der Waals surface area contributed by atoms with Crippen LogP contribution in [0, 0.1) is 6.92 Å². The Morgan fingerprint density at radius 3 is 2.89 bits per heavy atom.